The van der Waals surface area contributed by atoms with Crippen molar-refractivity contribution in [2.75, 3.05) is 0 Å². The van der Waals surface area contributed by atoms with E-state index in [0.717, 1.165) is 0 Å². The first-order valence-corrected chi connectivity index (χ1v) is 15.3. The molecular weight excluding hydrogens is 527 g/mol. The molecule has 194 valence electrons. The Kier molecular flexibility index (Phi) is 4.39. The lowest BCUT2D eigenvalue weighted by atomic mass is 9.98. The summed E-state index contributed by atoms with van der Waals surface area (Å²) in [6.45, 7) is 0. The van der Waals surface area contributed by atoms with E-state index in [-0.39, 0.29) is 0 Å². The molecule has 0 aliphatic heterocycles. The minimum absolute atomic E-state index is 1.20. The standard InChI is InChI=1S/C40H23NS/c1-2-8-26-21-29(18-15-24(26)7-1)41-35-19-16-27(28-17-20-37-33(22-28)30-11-3-4-14-36(30)42-37)23-34(35)39-31-12-5-9-25-10-6-13-32(38(25)31)40(39)41/h1-23H. The smallest absolute Gasteiger partial charge is 0.0626 e. The summed E-state index contributed by atoms with van der Waals surface area (Å²) in [5, 5.41) is 9.15. The van der Waals surface area contributed by atoms with E-state index in [9.17, 15) is 0 Å². The molecule has 2 heteroatoms. The third kappa shape index (κ3) is 2.97. The highest BCUT2D eigenvalue weighted by Crippen LogP contribution is 2.53. The van der Waals surface area contributed by atoms with E-state index in [2.05, 4.69) is 144 Å². The molecule has 0 spiro atoms. The Morgan fingerprint density at radius 2 is 1.17 bits per heavy atom. The van der Waals surface area contributed by atoms with Crippen molar-refractivity contribution in [2.45, 2.75) is 0 Å². The third-order valence-corrected chi connectivity index (χ3v) is 10.2. The maximum atomic E-state index is 2.49. The molecule has 0 saturated carbocycles. The predicted octanol–water partition coefficient (Wildman–Crippen LogP) is 11.6. The monoisotopic (exact) mass is 549 g/mol. The molecule has 0 amide bonds. The van der Waals surface area contributed by atoms with Crippen LogP contribution in [0, 0.1) is 0 Å². The summed E-state index contributed by atoms with van der Waals surface area (Å²) in [7, 11) is 0. The zero-order valence-electron chi connectivity index (χ0n) is 22.6. The summed E-state index contributed by atoms with van der Waals surface area (Å²) in [4.78, 5) is 0. The molecule has 2 heterocycles. The number of nitrogens with zero attached hydrogens (tertiary/aromatic N) is 1. The number of thiophene rings is 1. The third-order valence-electron chi connectivity index (χ3n) is 9.10. The fourth-order valence-corrected chi connectivity index (χ4v) is 8.32. The van der Waals surface area contributed by atoms with Crippen LogP contribution in [-0.2, 0) is 0 Å². The molecule has 0 bridgehead atoms. The van der Waals surface area contributed by atoms with Crippen LogP contribution in [-0.4, -0.2) is 4.57 Å². The number of hydrogen-bond donors (Lipinski definition) is 0. The van der Waals surface area contributed by atoms with E-state index in [0.29, 0.717) is 0 Å². The Balaban J connectivity index is 1.28. The van der Waals surface area contributed by atoms with Gasteiger partial charge in [-0.05, 0) is 80.7 Å². The first-order chi connectivity index (χ1) is 20.8. The van der Waals surface area contributed by atoms with Gasteiger partial charge >= 0.3 is 0 Å². The number of rotatable bonds is 2. The normalized spacial score (nSPS) is 12.3. The van der Waals surface area contributed by atoms with Crippen LogP contribution in [0.5, 0.6) is 0 Å². The molecule has 0 saturated heterocycles. The van der Waals surface area contributed by atoms with Gasteiger partial charge in [-0.1, -0.05) is 97.1 Å². The van der Waals surface area contributed by atoms with Crippen molar-refractivity contribution in [3.63, 3.8) is 0 Å². The Labute approximate surface area is 246 Å². The van der Waals surface area contributed by atoms with Crippen LogP contribution in [0.1, 0.15) is 0 Å². The van der Waals surface area contributed by atoms with Gasteiger partial charge in [0.05, 0.1) is 11.2 Å². The molecule has 0 fully saturated rings. The van der Waals surface area contributed by atoms with Crippen LogP contribution in [0.3, 0.4) is 0 Å². The van der Waals surface area contributed by atoms with Crippen LogP contribution in [0.4, 0.5) is 0 Å². The lowest BCUT2D eigenvalue weighted by Crippen LogP contribution is -1.96. The van der Waals surface area contributed by atoms with Crippen LogP contribution in [0.2, 0.25) is 0 Å². The molecule has 0 unspecified atom stereocenters. The molecule has 7 aromatic carbocycles. The number of fused-ring (bicyclic) bond motifs is 9. The molecule has 1 nitrogen and oxygen atoms in total. The van der Waals surface area contributed by atoms with E-state index in [4.69, 9.17) is 0 Å². The van der Waals surface area contributed by atoms with Crippen LogP contribution >= 0.6 is 11.3 Å². The van der Waals surface area contributed by atoms with Gasteiger partial charge < -0.3 is 4.57 Å². The summed E-state index contributed by atoms with van der Waals surface area (Å²) in [6.07, 6.45) is 0. The van der Waals surface area contributed by atoms with Gasteiger partial charge in [-0.3, -0.25) is 0 Å². The van der Waals surface area contributed by atoms with E-state index in [1.807, 2.05) is 11.3 Å². The van der Waals surface area contributed by atoms with Gasteiger partial charge in [0, 0.05) is 42.4 Å². The average molecular weight is 550 g/mol. The van der Waals surface area contributed by atoms with Crippen molar-refractivity contribution in [1.82, 2.24) is 4.57 Å². The topological polar surface area (TPSA) is 4.93 Å². The second-order valence-corrected chi connectivity index (χ2v) is 12.4. The molecule has 0 atom stereocenters. The quantitative estimate of drug-likeness (QED) is 0.202. The van der Waals surface area contributed by atoms with Gasteiger partial charge in [0.2, 0.25) is 0 Å². The van der Waals surface area contributed by atoms with Crippen LogP contribution in [0.25, 0.3) is 91.8 Å². The summed E-state index contributed by atoms with van der Waals surface area (Å²) in [5.74, 6) is 0. The first kappa shape index (κ1) is 22.5. The van der Waals surface area contributed by atoms with Crippen molar-refractivity contribution in [2.24, 2.45) is 0 Å². The number of benzene rings is 7. The second-order valence-electron chi connectivity index (χ2n) is 11.3. The molecule has 0 radical (unpaired) electrons. The fraction of sp³-hybridized carbons (Fsp3) is 0. The lowest BCUT2D eigenvalue weighted by molar-refractivity contribution is 1.15. The second kappa shape index (κ2) is 8.19. The SMILES string of the molecule is c1ccc2cc(-n3c4c(c5cc(-c6ccc7sc8ccccc8c7c6)ccc53)-c3cccc5cccc-4c35)ccc2c1. The van der Waals surface area contributed by atoms with Crippen molar-refractivity contribution < 1.29 is 0 Å². The molecule has 1 aliphatic carbocycles. The van der Waals surface area contributed by atoms with E-state index in [1.165, 1.54) is 91.8 Å². The van der Waals surface area contributed by atoms with Crippen LogP contribution in [0.15, 0.2) is 140 Å². The number of aromatic nitrogens is 1. The summed E-state index contributed by atoms with van der Waals surface area (Å²) < 4.78 is 5.17. The Hall–Kier alpha value is -5.18. The maximum absolute atomic E-state index is 2.49. The van der Waals surface area contributed by atoms with E-state index < -0.39 is 0 Å². The molecule has 9 aromatic rings. The Morgan fingerprint density at radius 1 is 0.452 bits per heavy atom. The number of hydrogen-bond acceptors (Lipinski definition) is 1. The Morgan fingerprint density at radius 3 is 2.07 bits per heavy atom. The van der Waals surface area contributed by atoms with Crippen molar-refractivity contribution in [1.29, 1.82) is 0 Å². The molecule has 0 N–H and O–H groups in total. The zero-order valence-corrected chi connectivity index (χ0v) is 23.5. The first-order valence-electron chi connectivity index (χ1n) is 14.4. The molecule has 1 aliphatic rings. The average Bonchev–Trinajstić information content (AvgIpc) is 3.69. The Bertz CT molecular complexity index is 2570. The zero-order chi connectivity index (χ0) is 27.4. The maximum Gasteiger partial charge on any atom is 0.0626 e. The molecular formula is C40H23NS. The van der Waals surface area contributed by atoms with E-state index in [1.54, 1.807) is 0 Å². The van der Waals surface area contributed by atoms with Crippen molar-refractivity contribution in [3.8, 4) is 39.2 Å². The summed E-state index contributed by atoms with van der Waals surface area (Å²) in [6, 6.07) is 51.7. The van der Waals surface area contributed by atoms with Gasteiger partial charge in [-0.2, -0.15) is 0 Å². The molecule has 42 heavy (non-hydrogen) atoms. The van der Waals surface area contributed by atoms with Crippen LogP contribution < -0.4 is 0 Å². The van der Waals surface area contributed by atoms with Gasteiger partial charge in [0.15, 0.2) is 0 Å². The van der Waals surface area contributed by atoms with Gasteiger partial charge in [-0.15, -0.1) is 11.3 Å². The van der Waals surface area contributed by atoms with Crippen molar-refractivity contribution in [3.05, 3.63) is 140 Å². The molecule has 10 rings (SSSR count). The molecule has 2 aromatic heterocycles. The van der Waals surface area contributed by atoms with Crippen molar-refractivity contribution >= 4 is 64.0 Å². The summed E-state index contributed by atoms with van der Waals surface area (Å²) in [5.41, 5.74) is 10.2. The van der Waals surface area contributed by atoms with Gasteiger partial charge in [-0.25, -0.2) is 0 Å². The highest BCUT2D eigenvalue weighted by molar-refractivity contribution is 7.25. The highest BCUT2D eigenvalue weighted by atomic mass is 32.1. The largest absolute Gasteiger partial charge is 0.309 e. The van der Waals surface area contributed by atoms with Gasteiger partial charge in [0.1, 0.15) is 0 Å². The fourth-order valence-electron chi connectivity index (χ4n) is 7.23. The van der Waals surface area contributed by atoms with E-state index >= 15 is 0 Å². The van der Waals surface area contributed by atoms with Gasteiger partial charge in [0.25, 0.3) is 0 Å². The summed E-state index contributed by atoms with van der Waals surface area (Å²) >= 11 is 1.87. The predicted molar refractivity (Wildman–Crippen MR) is 181 cm³/mol. The minimum Gasteiger partial charge on any atom is -0.309 e. The highest BCUT2D eigenvalue weighted by Gasteiger charge is 2.29. The minimum atomic E-state index is 1.20. The lowest BCUT2D eigenvalue weighted by Gasteiger charge is -2.13.